The van der Waals surface area contributed by atoms with Crippen LogP contribution in [0.15, 0.2) is 30.3 Å². The maximum absolute atomic E-state index is 12.7. The highest BCUT2D eigenvalue weighted by molar-refractivity contribution is 7.98. The van der Waals surface area contributed by atoms with Crippen LogP contribution < -0.4 is 5.32 Å². The lowest BCUT2D eigenvalue weighted by molar-refractivity contribution is -0.145. The number of hydrogen-bond donors (Lipinski definition) is 1. The summed E-state index contributed by atoms with van der Waals surface area (Å²) in [6.07, 6.45) is 3.15. The molecule has 1 saturated heterocycles. The molecule has 2 amide bonds. The molecule has 0 aliphatic carbocycles. The molecule has 2 atom stereocenters. The molecule has 1 aromatic rings. The van der Waals surface area contributed by atoms with E-state index in [1.165, 1.54) is 12.0 Å². The fraction of sp³-hybridized carbons (Fsp3) is 0.526. The summed E-state index contributed by atoms with van der Waals surface area (Å²) < 4.78 is 10.1. The van der Waals surface area contributed by atoms with Gasteiger partial charge in [0, 0.05) is 6.54 Å². The third-order valence-corrected chi connectivity index (χ3v) is 5.05. The van der Waals surface area contributed by atoms with Crippen LogP contribution in [0, 0.1) is 0 Å². The number of benzene rings is 1. The monoisotopic (exact) mass is 394 g/mol. The lowest BCUT2D eigenvalue weighted by Gasteiger charge is -2.25. The predicted octanol–water partition coefficient (Wildman–Crippen LogP) is 2.20. The molecular weight excluding hydrogens is 368 g/mol. The topological polar surface area (TPSA) is 84.9 Å². The lowest BCUT2D eigenvalue weighted by Crippen LogP contribution is -2.51. The maximum Gasteiger partial charge on any atom is 0.410 e. The van der Waals surface area contributed by atoms with Crippen molar-refractivity contribution in [2.45, 2.75) is 38.0 Å². The molecule has 1 aliphatic rings. The number of hydrogen-bond acceptors (Lipinski definition) is 6. The van der Waals surface area contributed by atoms with E-state index in [1.807, 2.05) is 36.6 Å². The second-order valence-electron chi connectivity index (χ2n) is 6.26. The van der Waals surface area contributed by atoms with E-state index in [2.05, 4.69) is 5.32 Å². The molecule has 1 aliphatic heterocycles. The van der Waals surface area contributed by atoms with E-state index in [-0.39, 0.29) is 12.5 Å². The molecule has 148 valence electrons. The van der Waals surface area contributed by atoms with Gasteiger partial charge in [-0.1, -0.05) is 30.3 Å². The fourth-order valence-electron chi connectivity index (χ4n) is 2.95. The first-order chi connectivity index (χ1) is 13.1. The van der Waals surface area contributed by atoms with E-state index in [0.717, 1.165) is 5.56 Å². The van der Waals surface area contributed by atoms with Crippen molar-refractivity contribution >= 4 is 29.7 Å². The van der Waals surface area contributed by atoms with E-state index < -0.39 is 24.1 Å². The number of esters is 1. The number of thioether (sulfide) groups is 1. The van der Waals surface area contributed by atoms with Gasteiger partial charge in [-0.15, -0.1) is 0 Å². The van der Waals surface area contributed by atoms with Crippen molar-refractivity contribution in [1.82, 2.24) is 10.2 Å². The first-order valence-corrected chi connectivity index (χ1v) is 10.3. The van der Waals surface area contributed by atoms with E-state index in [4.69, 9.17) is 9.47 Å². The van der Waals surface area contributed by atoms with Crippen LogP contribution in [0.2, 0.25) is 0 Å². The molecule has 7 nitrogen and oxygen atoms in total. The molecule has 1 aromatic carbocycles. The first-order valence-electron chi connectivity index (χ1n) is 8.91. The van der Waals surface area contributed by atoms with Crippen molar-refractivity contribution in [2.24, 2.45) is 0 Å². The van der Waals surface area contributed by atoms with Gasteiger partial charge in [-0.25, -0.2) is 9.59 Å². The van der Waals surface area contributed by atoms with Crippen molar-refractivity contribution in [3.8, 4) is 0 Å². The Morgan fingerprint density at radius 1 is 1.30 bits per heavy atom. The number of methoxy groups -OCH3 is 1. The number of carbonyl (C=O) groups excluding carboxylic acids is 3. The molecule has 8 heteroatoms. The van der Waals surface area contributed by atoms with Crippen LogP contribution in [0.25, 0.3) is 0 Å². The minimum Gasteiger partial charge on any atom is -0.467 e. The maximum atomic E-state index is 12.7. The van der Waals surface area contributed by atoms with Crippen molar-refractivity contribution in [1.29, 1.82) is 0 Å². The molecule has 1 heterocycles. The van der Waals surface area contributed by atoms with Gasteiger partial charge in [-0.05, 0) is 36.8 Å². The summed E-state index contributed by atoms with van der Waals surface area (Å²) in [7, 11) is 1.30. The van der Waals surface area contributed by atoms with Gasteiger partial charge >= 0.3 is 12.1 Å². The number of rotatable bonds is 8. The Morgan fingerprint density at radius 3 is 2.70 bits per heavy atom. The zero-order chi connectivity index (χ0) is 19.6. The molecular formula is C19H26N2O5S. The Kier molecular flexibility index (Phi) is 8.44. The Morgan fingerprint density at radius 2 is 2.04 bits per heavy atom. The Hall–Kier alpha value is -2.22. The smallest absolute Gasteiger partial charge is 0.410 e. The third kappa shape index (κ3) is 6.16. The normalized spacial score (nSPS) is 17.3. The van der Waals surface area contributed by atoms with Crippen molar-refractivity contribution in [3.63, 3.8) is 0 Å². The molecule has 0 bridgehead atoms. The van der Waals surface area contributed by atoms with Crippen molar-refractivity contribution in [2.75, 3.05) is 25.7 Å². The average molecular weight is 394 g/mol. The number of nitrogens with zero attached hydrogens (tertiary/aromatic N) is 1. The number of carbonyl (C=O) groups is 3. The molecule has 2 rings (SSSR count). The third-order valence-electron chi connectivity index (χ3n) is 4.41. The second kappa shape index (κ2) is 10.8. The van der Waals surface area contributed by atoms with Crippen LogP contribution in [0.3, 0.4) is 0 Å². The second-order valence-corrected chi connectivity index (χ2v) is 7.24. The van der Waals surface area contributed by atoms with Gasteiger partial charge in [0.2, 0.25) is 5.91 Å². The number of likely N-dealkylation sites (tertiary alicyclic amines) is 1. The van der Waals surface area contributed by atoms with Crippen molar-refractivity contribution in [3.05, 3.63) is 35.9 Å². The van der Waals surface area contributed by atoms with Gasteiger partial charge in [0.15, 0.2) is 0 Å². The molecule has 1 N–H and O–H groups in total. The van der Waals surface area contributed by atoms with Gasteiger partial charge in [0.1, 0.15) is 18.7 Å². The minimum atomic E-state index is -0.710. The summed E-state index contributed by atoms with van der Waals surface area (Å²) in [5.74, 6) is -0.109. The molecule has 1 fully saturated rings. The highest BCUT2D eigenvalue weighted by atomic mass is 32.2. The summed E-state index contributed by atoms with van der Waals surface area (Å²) >= 11 is 1.58. The summed E-state index contributed by atoms with van der Waals surface area (Å²) in [5, 5.41) is 2.73. The summed E-state index contributed by atoms with van der Waals surface area (Å²) in [4.78, 5) is 38.4. The van der Waals surface area contributed by atoms with Crippen LogP contribution in [-0.2, 0) is 25.7 Å². The van der Waals surface area contributed by atoms with Crippen LogP contribution in [0.5, 0.6) is 0 Å². The number of ether oxygens (including phenoxy) is 2. The summed E-state index contributed by atoms with van der Waals surface area (Å²) in [5.41, 5.74) is 0.883. The molecule has 0 radical (unpaired) electrons. The highest BCUT2D eigenvalue weighted by Gasteiger charge is 2.36. The van der Waals surface area contributed by atoms with Crippen LogP contribution in [0.4, 0.5) is 4.79 Å². The Bertz CT molecular complexity index is 640. The molecule has 0 spiro atoms. The van der Waals surface area contributed by atoms with Gasteiger partial charge in [-0.3, -0.25) is 9.69 Å². The van der Waals surface area contributed by atoms with E-state index >= 15 is 0 Å². The highest BCUT2D eigenvalue weighted by Crippen LogP contribution is 2.19. The standard InChI is InChI=1S/C19H26N2O5S/c1-25-18(23)15(10-12-27-2)20-17(22)16-9-6-11-21(16)19(24)26-13-14-7-4-3-5-8-14/h3-5,7-8,15-16H,6,9-13H2,1-2H3,(H,20,22)/t15?,16-/m0/s1. The van der Waals surface area contributed by atoms with Crippen molar-refractivity contribution < 1.29 is 23.9 Å². The zero-order valence-electron chi connectivity index (χ0n) is 15.7. The minimum absolute atomic E-state index is 0.156. The number of nitrogens with one attached hydrogen (secondary N) is 1. The van der Waals surface area contributed by atoms with Crippen LogP contribution in [0.1, 0.15) is 24.8 Å². The van der Waals surface area contributed by atoms with Crippen LogP contribution >= 0.6 is 11.8 Å². The van der Waals surface area contributed by atoms with E-state index in [9.17, 15) is 14.4 Å². The quantitative estimate of drug-likeness (QED) is 0.681. The van der Waals surface area contributed by atoms with Gasteiger partial charge in [-0.2, -0.15) is 11.8 Å². The average Bonchev–Trinajstić information content (AvgIpc) is 3.19. The SMILES string of the molecule is COC(=O)C(CCSC)NC(=O)[C@@H]1CCCN1C(=O)OCc1ccccc1. The summed E-state index contributed by atoms with van der Waals surface area (Å²) in [6, 6.07) is 8.03. The molecule has 0 saturated carbocycles. The van der Waals surface area contributed by atoms with E-state index in [1.54, 1.807) is 11.8 Å². The molecule has 27 heavy (non-hydrogen) atoms. The Labute approximate surface area is 163 Å². The van der Waals surface area contributed by atoms with Gasteiger partial charge in [0.05, 0.1) is 7.11 Å². The predicted molar refractivity (Wildman–Crippen MR) is 103 cm³/mol. The lowest BCUT2D eigenvalue weighted by atomic mass is 10.1. The van der Waals surface area contributed by atoms with E-state index in [0.29, 0.717) is 31.6 Å². The zero-order valence-corrected chi connectivity index (χ0v) is 16.5. The molecule has 0 aromatic heterocycles. The summed E-state index contributed by atoms with van der Waals surface area (Å²) in [6.45, 7) is 0.614. The van der Waals surface area contributed by atoms with Gasteiger partial charge in [0.25, 0.3) is 0 Å². The molecule has 1 unspecified atom stereocenters. The number of amides is 2. The fourth-order valence-corrected chi connectivity index (χ4v) is 3.43. The van der Waals surface area contributed by atoms with Crippen LogP contribution in [-0.4, -0.2) is 60.6 Å². The first kappa shape index (κ1) is 21.1. The van der Waals surface area contributed by atoms with Gasteiger partial charge < -0.3 is 14.8 Å². The largest absolute Gasteiger partial charge is 0.467 e. The Balaban J connectivity index is 1.93.